The van der Waals surface area contributed by atoms with Gasteiger partial charge in [-0.15, -0.1) is 0 Å². The summed E-state index contributed by atoms with van der Waals surface area (Å²) in [6, 6.07) is 7.95. The van der Waals surface area contributed by atoms with Crippen LogP contribution in [0.2, 0.25) is 0 Å². The summed E-state index contributed by atoms with van der Waals surface area (Å²) in [5.74, 6) is 2.34. The van der Waals surface area contributed by atoms with Crippen LogP contribution in [0, 0.1) is 11.8 Å². The number of fused-ring (bicyclic) bond motifs is 1. The highest BCUT2D eigenvalue weighted by Gasteiger charge is 2.43. The number of Topliss-reactive ketones (excluding diaryl/α,β-unsaturated/α-hetero) is 1. The molecule has 0 aromatic heterocycles. The van der Waals surface area contributed by atoms with Gasteiger partial charge in [0.2, 0.25) is 0 Å². The van der Waals surface area contributed by atoms with Crippen LogP contribution in [-0.4, -0.2) is 12.4 Å². The molecule has 1 fully saturated rings. The van der Waals surface area contributed by atoms with Crippen molar-refractivity contribution < 1.29 is 9.53 Å². The van der Waals surface area contributed by atoms with Gasteiger partial charge in [-0.3, -0.25) is 4.79 Å². The first kappa shape index (κ1) is 9.88. The third-order valence-electron chi connectivity index (χ3n) is 3.78. The van der Waals surface area contributed by atoms with E-state index in [2.05, 4.69) is 6.92 Å². The van der Waals surface area contributed by atoms with Gasteiger partial charge in [-0.25, -0.2) is 0 Å². The Morgan fingerprint density at radius 2 is 2.12 bits per heavy atom. The average molecular weight is 216 g/mol. The molecule has 1 aromatic rings. The van der Waals surface area contributed by atoms with Crippen molar-refractivity contribution in [3.63, 3.8) is 0 Å². The van der Waals surface area contributed by atoms with E-state index in [0.717, 1.165) is 24.2 Å². The van der Waals surface area contributed by atoms with Crippen molar-refractivity contribution in [3.8, 4) is 5.75 Å². The predicted molar refractivity (Wildman–Crippen MR) is 61.6 cm³/mol. The van der Waals surface area contributed by atoms with Gasteiger partial charge < -0.3 is 4.74 Å². The molecule has 3 rings (SSSR count). The molecule has 3 atom stereocenters. The zero-order valence-corrected chi connectivity index (χ0v) is 9.48. The maximum Gasteiger partial charge on any atom is 0.143 e. The number of ether oxygens (including phenoxy) is 1. The minimum absolute atomic E-state index is 0.0832. The first-order valence-electron chi connectivity index (χ1n) is 6.03. The quantitative estimate of drug-likeness (QED) is 0.759. The van der Waals surface area contributed by atoms with Crippen LogP contribution >= 0.6 is 0 Å². The second-order valence-electron chi connectivity index (χ2n) is 4.95. The van der Waals surface area contributed by atoms with Gasteiger partial charge in [-0.1, -0.05) is 25.1 Å². The fraction of sp³-hybridized carbons (Fsp3) is 0.500. The number of para-hydroxylation sites is 1. The molecule has 1 aliphatic carbocycles. The molecule has 1 heterocycles. The van der Waals surface area contributed by atoms with Gasteiger partial charge in [0.25, 0.3) is 0 Å². The molecule has 84 valence electrons. The second kappa shape index (κ2) is 3.62. The monoisotopic (exact) mass is 216 g/mol. The molecule has 0 saturated heterocycles. The van der Waals surface area contributed by atoms with Crippen LogP contribution in [0.1, 0.15) is 31.2 Å². The van der Waals surface area contributed by atoms with Crippen LogP contribution in [0.5, 0.6) is 5.75 Å². The maximum absolute atomic E-state index is 12.3. The lowest BCUT2D eigenvalue weighted by Gasteiger charge is -2.24. The summed E-state index contributed by atoms with van der Waals surface area (Å²) in [6.45, 7) is 2.84. The molecule has 0 spiro atoms. The first-order chi connectivity index (χ1) is 7.77. The minimum Gasteiger partial charge on any atom is -0.493 e. The second-order valence-corrected chi connectivity index (χ2v) is 4.95. The lowest BCUT2D eigenvalue weighted by molar-refractivity contribution is -0.122. The summed E-state index contributed by atoms with van der Waals surface area (Å²) in [5, 5.41) is 0. The maximum atomic E-state index is 12.3. The van der Waals surface area contributed by atoms with Gasteiger partial charge >= 0.3 is 0 Å². The van der Waals surface area contributed by atoms with Gasteiger partial charge in [0, 0.05) is 17.4 Å². The van der Waals surface area contributed by atoms with E-state index in [-0.39, 0.29) is 5.92 Å². The highest BCUT2D eigenvalue weighted by Crippen LogP contribution is 2.45. The Hall–Kier alpha value is -1.31. The Bertz CT molecular complexity index is 424. The molecule has 0 radical (unpaired) electrons. The summed E-state index contributed by atoms with van der Waals surface area (Å²) < 4.78 is 5.58. The zero-order chi connectivity index (χ0) is 11.1. The van der Waals surface area contributed by atoms with E-state index in [0.29, 0.717) is 24.2 Å². The van der Waals surface area contributed by atoms with Gasteiger partial charge in [0.15, 0.2) is 0 Å². The SMILES string of the molecule is CC1CC1C(=O)C1CCOc2ccccc21. The third kappa shape index (κ3) is 1.53. The molecule has 3 unspecified atom stereocenters. The Morgan fingerprint density at radius 3 is 2.88 bits per heavy atom. The molecule has 1 aliphatic heterocycles. The van der Waals surface area contributed by atoms with E-state index in [1.807, 2.05) is 24.3 Å². The van der Waals surface area contributed by atoms with E-state index < -0.39 is 0 Å². The summed E-state index contributed by atoms with van der Waals surface area (Å²) in [6.07, 6.45) is 1.93. The fourth-order valence-electron chi connectivity index (χ4n) is 2.61. The number of rotatable bonds is 2. The molecule has 2 nitrogen and oxygen atoms in total. The van der Waals surface area contributed by atoms with Crippen LogP contribution in [0.3, 0.4) is 0 Å². The Balaban J connectivity index is 1.90. The van der Waals surface area contributed by atoms with E-state index in [9.17, 15) is 4.79 Å². The lowest BCUT2D eigenvalue weighted by atomic mass is 9.87. The third-order valence-corrected chi connectivity index (χ3v) is 3.78. The normalized spacial score (nSPS) is 31.4. The molecule has 0 amide bonds. The number of hydrogen-bond donors (Lipinski definition) is 0. The molecule has 16 heavy (non-hydrogen) atoms. The van der Waals surface area contributed by atoms with Gasteiger partial charge in [-0.2, -0.15) is 0 Å². The van der Waals surface area contributed by atoms with Crippen molar-refractivity contribution in [1.29, 1.82) is 0 Å². The van der Waals surface area contributed by atoms with Crippen molar-refractivity contribution >= 4 is 5.78 Å². The highest BCUT2D eigenvalue weighted by molar-refractivity contribution is 5.90. The molecule has 2 heteroatoms. The van der Waals surface area contributed by atoms with E-state index in [1.165, 1.54) is 0 Å². The van der Waals surface area contributed by atoms with Crippen molar-refractivity contribution in [2.45, 2.75) is 25.7 Å². The van der Waals surface area contributed by atoms with Crippen molar-refractivity contribution in [2.75, 3.05) is 6.61 Å². The number of benzene rings is 1. The van der Waals surface area contributed by atoms with Crippen molar-refractivity contribution in [2.24, 2.45) is 11.8 Å². The van der Waals surface area contributed by atoms with Gasteiger partial charge in [-0.05, 0) is 24.8 Å². The Kier molecular flexibility index (Phi) is 2.23. The molecule has 2 aliphatic rings. The number of carbonyl (C=O) groups excluding carboxylic acids is 1. The van der Waals surface area contributed by atoms with E-state index in [4.69, 9.17) is 4.74 Å². The predicted octanol–water partition coefficient (Wildman–Crippen LogP) is 2.78. The average Bonchev–Trinajstić information content (AvgIpc) is 3.05. The zero-order valence-electron chi connectivity index (χ0n) is 9.48. The standard InChI is InChI=1S/C14H16O2/c1-9-8-12(9)14(15)11-6-7-16-13-5-3-2-4-10(11)13/h2-5,9,11-12H,6-8H2,1H3. The smallest absolute Gasteiger partial charge is 0.143 e. The van der Waals surface area contributed by atoms with Crippen LogP contribution in [0.15, 0.2) is 24.3 Å². The topological polar surface area (TPSA) is 26.3 Å². The molecule has 0 bridgehead atoms. The van der Waals surface area contributed by atoms with Crippen LogP contribution in [0.25, 0.3) is 0 Å². The summed E-state index contributed by atoms with van der Waals surface area (Å²) >= 11 is 0. The number of ketones is 1. The van der Waals surface area contributed by atoms with Crippen LogP contribution in [-0.2, 0) is 4.79 Å². The number of carbonyl (C=O) groups is 1. The lowest BCUT2D eigenvalue weighted by Crippen LogP contribution is -2.22. The summed E-state index contributed by atoms with van der Waals surface area (Å²) in [7, 11) is 0. The number of hydrogen-bond acceptors (Lipinski definition) is 2. The molecular weight excluding hydrogens is 200 g/mol. The minimum atomic E-state index is 0.0832. The molecule has 1 aromatic carbocycles. The molecule has 0 N–H and O–H groups in total. The van der Waals surface area contributed by atoms with Gasteiger partial charge in [0.1, 0.15) is 11.5 Å². The van der Waals surface area contributed by atoms with Crippen molar-refractivity contribution in [3.05, 3.63) is 29.8 Å². The Morgan fingerprint density at radius 1 is 1.38 bits per heavy atom. The van der Waals surface area contributed by atoms with E-state index in [1.54, 1.807) is 0 Å². The van der Waals surface area contributed by atoms with Crippen LogP contribution in [0.4, 0.5) is 0 Å². The molecular formula is C14H16O2. The highest BCUT2D eigenvalue weighted by atomic mass is 16.5. The first-order valence-corrected chi connectivity index (χ1v) is 6.03. The Labute approximate surface area is 95.6 Å². The van der Waals surface area contributed by atoms with Gasteiger partial charge in [0.05, 0.1) is 6.61 Å². The largest absolute Gasteiger partial charge is 0.493 e. The van der Waals surface area contributed by atoms with E-state index >= 15 is 0 Å². The molecule has 1 saturated carbocycles. The summed E-state index contributed by atoms with van der Waals surface area (Å²) in [4.78, 5) is 12.3. The van der Waals surface area contributed by atoms with Crippen LogP contribution < -0.4 is 4.74 Å². The summed E-state index contributed by atoms with van der Waals surface area (Å²) in [5.41, 5.74) is 1.10. The van der Waals surface area contributed by atoms with Crippen molar-refractivity contribution in [1.82, 2.24) is 0 Å². The fourth-order valence-corrected chi connectivity index (χ4v) is 2.61.